The fraction of sp³-hybridized carbons (Fsp3) is 0.580. The molecule has 4 aliphatic rings. The van der Waals surface area contributed by atoms with Gasteiger partial charge in [-0.3, -0.25) is 33.8 Å². The van der Waals surface area contributed by atoms with Gasteiger partial charge in [-0.05, 0) is 117 Å². The van der Waals surface area contributed by atoms with E-state index in [0.29, 0.717) is 45.8 Å². The SMILES string of the molecule is CC(=O)COCCOc1ccc(N2CCN(C3CCC(=O)N(C(=O)OC(C)(C)C)C3=O)C2=O)cc1.CC(O)(CCO)COCCOc1ccc(N2CCN(C3CCC(=O)N(C(=O)OC(C)(C)C)C3=O)C2=O)cc1. The number of aliphatic hydroxyl groups is 2. The minimum absolute atomic E-state index is 0.0401. The average molecular weight is 1030 g/mol. The third kappa shape index (κ3) is 15.9. The zero-order chi connectivity index (χ0) is 53.8. The molecule has 4 saturated heterocycles. The fourth-order valence-corrected chi connectivity index (χ4v) is 7.98. The highest BCUT2D eigenvalue weighted by Crippen LogP contribution is 2.31. The van der Waals surface area contributed by atoms with Crippen LogP contribution in [-0.2, 0) is 42.9 Å². The van der Waals surface area contributed by atoms with E-state index in [2.05, 4.69) is 0 Å². The summed E-state index contributed by atoms with van der Waals surface area (Å²) in [4.78, 5) is 120. The molecule has 400 valence electrons. The Labute approximate surface area is 424 Å². The van der Waals surface area contributed by atoms with Gasteiger partial charge in [-0.25, -0.2) is 19.2 Å². The predicted molar refractivity (Wildman–Crippen MR) is 260 cm³/mol. The monoisotopic (exact) mass is 1020 g/mol. The van der Waals surface area contributed by atoms with Gasteiger partial charge < -0.3 is 48.4 Å². The van der Waals surface area contributed by atoms with Crippen molar-refractivity contribution in [1.82, 2.24) is 19.6 Å². The van der Waals surface area contributed by atoms with Crippen molar-refractivity contribution in [2.45, 2.75) is 116 Å². The van der Waals surface area contributed by atoms with Crippen molar-refractivity contribution in [2.75, 3.05) is 82.2 Å². The maximum atomic E-state index is 13.2. The zero-order valence-electron chi connectivity index (χ0n) is 42.8. The smallest absolute Gasteiger partial charge is 0.424 e. The van der Waals surface area contributed by atoms with E-state index < -0.39 is 64.7 Å². The number of benzene rings is 2. The normalized spacial score (nSPS) is 19.5. The lowest BCUT2D eigenvalue weighted by molar-refractivity contribution is -0.152. The number of Topliss-reactive ketones (excluding diaryl/α,β-unsaturated/α-hetero) is 1. The second kappa shape index (κ2) is 24.8. The van der Waals surface area contributed by atoms with Crippen LogP contribution in [0, 0.1) is 0 Å². The van der Waals surface area contributed by atoms with E-state index in [1.807, 2.05) is 0 Å². The Hall–Kier alpha value is -6.69. The molecule has 73 heavy (non-hydrogen) atoms. The molecule has 2 aromatic rings. The summed E-state index contributed by atoms with van der Waals surface area (Å²) in [6, 6.07) is 11.1. The molecule has 2 aromatic carbocycles. The number of ketones is 1. The lowest BCUT2D eigenvalue weighted by Gasteiger charge is -2.34. The topological polar surface area (TPSA) is 269 Å². The van der Waals surface area contributed by atoms with Crippen LogP contribution in [-0.4, -0.2) is 185 Å². The Morgan fingerprint density at radius 2 is 0.986 bits per heavy atom. The molecule has 10 amide bonds. The van der Waals surface area contributed by atoms with Gasteiger partial charge in [0, 0.05) is 63.4 Å². The quantitative estimate of drug-likeness (QED) is 0.156. The zero-order valence-corrected chi connectivity index (χ0v) is 42.8. The Bertz CT molecular complexity index is 2330. The van der Waals surface area contributed by atoms with Crippen molar-refractivity contribution < 1.29 is 81.8 Å². The van der Waals surface area contributed by atoms with Crippen molar-refractivity contribution >= 4 is 65.0 Å². The standard InChI is InChI=1S/C26H37N3O9.C24H31N3O8/c1-25(2,3)38-24(34)29-21(31)10-9-20(22(29)32)28-13-12-27(23(28)33)18-5-7-19(8-6-18)37-16-15-36-17-26(4,35)11-14-30;1-16(28)15-33-13-14-34-18-7-5-17(6-8-18)25-11-12-26(22(25)31)19-9-10-20(29)27(21(19)30)23(32)35-24(2,3)4/h5-8,20,30,35H,9-17H2,1-4H3;5-8,19H,9-15H2,1-4H3. The largest absolute Gasteiger partial charge is 0.491 e. The average Bonchev–Trinajstić information content (AvgIpc) is 3.87. The molecule has 0 aliphatic carbocycles. The molecule has 0 spiro atoms. The molecule has 0 bridgehead atoms. The molecule has 4 aliphatic heterocycles. The number of amides is 10. The first-order valence-electron chi connectivity index (χ1n) is 24.1. The molecule has 3 atom stereocenters. The number of hydrogen-bond donors (Lipinski definition) is 2. The molecule has 0 aromatic heterocycles. The molecule has 23 heteroatoms. The third-order valence-electron chi connectivity index (χ3n) is 11.4. The number of ether oxygens (including phenoxy) is 6. The van der Waals surface area contributed by atoms with Gasteiger partial charge >= 0.3 is 24.2 Å². The van der Waals surface area contributed by atoms with Crippen molar-refractivity contribution in [1.29, 1.82) is 0 Å². The number of nitrogens with zero attached hydrogens (tertiary/aromatic N) is 6. The summed E-state index contributed by atoms with van der Waals surface area (Å²) < 4.78 is 32.2. The number of piperidine rings is 2. The number of likely N-dealkylation sites (tertiary alicyclic amines) is 2. The van der Waals surface area contributed by atoms with Gasteiger partial charge in [-0.2, -0.15) is 9.80 Å². The molecule has 3 unspecified atom stereocenters. The summed E-state index contributed by atoms with van der Waals surface area (Å²) in [5, 5.41) is 18.9. The third-order valence-corrected chi connectivity index (χ3v) is 11.4. The van der Waals surface area contributed by atoms with Gasteiger partial charge in [-0.1, -0.05) is 0 Å². The summed E-state index contributed by atoms with van der Waals surface area (Å²) in [5.41, 5.74) is -1.61. The molecule has 4 fully saturated rings. The summed E-state index contributed by atoms with van der Waals surface area (Å²) in [7, 11) is 0. The first kappa shape index (κ1) is 57.2. The molecule has 23 nitrogen and oxygen atoms in total. The Morgan fingerprint density at radius 3 is 1.36 bits per heavy atom. The minimum Gasteiger partial charge on any atom is -0.491 e. The molecule has 6 rings (SSSR count). The molecule has 4 heterocycles. The number of hydrogen-bond acceptors (Lipinski definition) is 17. The van der Waals surface area contributed by atoms with E-state index in [4.69, 9.17) is 33.5 Å². The fourth-order valence-electron chi connectivity index (χ4n) is 7.98. The summed E-state index contributed by atoms with van der Waals surface area (Å²) in [6.07, 6.45) is -1.64. The maximum Gasteiger partial charge on any atom is 0.424 e. The van der Waals surface area contributed by atoms with E-state index in [-0.39, 0.29) is 109 Å². The maximum absolute atomic E-state index is 13.2. The Morgan fingerprint density at radius 1 is 0.589 bits per heavy atom. The number of anilines is 2. The highest BCUT2D eigenvalue weighted by atomic mass is 16.6. The number of carbonyl (C=O) groups excluding carboxylic acids is 9. The number of urea groups is 2. The van der Waals surface area contributed by atoms with Crippen LogP contribution in [0.25, 0.3) is 0 Å². The van der Waals surface area contributed by atoms with Crippen LogP contribution in [0.15, 0.2) is 48.5 Å². The van der Waals surface area contributed by atoms with Gasteiger partial charge in [0.25, 0.3) is 11.8 Å². The van der Waals surface area contributed by atoms with Crippen LogP contribution in [0.3, 0.4) is 0 Å². The van der Waals surface area contributed by atoms with Gasteiger partial charge in [-0.15, -0.1) is 0 Å². The molecular formula is C50H68N6O17. The number of carbonyl (C=O) groups is 9. The van der Waals surface area contributed by atoms with Crippen molar-refractivity contribution in [2.24, 2.45) is 0 Å². The van der Waals surface area contributed by atoms with Crippen LogP contribution < -0.4 is 19.3 Å². The highest BCUT2D eigenvalue weighted by molar-refractivity contribution is 6.14. The summed E-state index contributed by atoms with van der Waals surface area (Å²) >= 11 is 0. The van der Waals surface area contributed by atoms with Gasteiger partial charge in [0.15, 0.2) is 5.78 Å². The van der Waals surface area contributed by atoms with Crippen LogP contribution in [0.4, 0.5) is 30.6 Å². The predicted octanol–water partition coefficient (Wildman–Crippen LogP) is 4.28. The van der Waals surface area contributed by atoms with Crippen LogP contribution in [0.2, 0.25) is 0 Å². The van der Waals surface area contributed by atoms with Crippen LogP contribution >= 0.6 is 0 Å². The molecular weight excluding hydrogens is 957 g/mol. The minimum atomic E-state index is -1.10. The Balaban J connectivity index is 0.000000272. The highest BCUT2D eigenvalue weighted by Gasteiger charge is 2.48. The molecule has 0 saturated carbocycles. The van der Waals surface area contributed by atoms with Crippen molar-refractivity contribution in [3.8, 4) is 11.5 Å². The van der Waals surface area contributed by atoms with E-state index in [0.717, 1.165) is 0 Å². The summed E-state index contributed by atoms with van der Waals surface area (Å²) in [6.45, 7) is 15.2. The number of rotatable bonds is 18. The first-order chi connectivity index (χ1) is 34.3. The second-order valence-electron chi connectivity index (χ2n) is 19.9. The van der Waals surface area contributed by atoms with Crippen molar-refractivity contribution in [3.05, 3.63) is 48.5 Å². The first-order valence-corrected chi connectivity index (χ1v) is 24.1. The van der Waals surface area contributed by atoms with Crippen LogP contribution in [0.1, 0.15) is 87.5 Å². The lowest BCUT2D eigenvalue weighted by atomic mass is 10.0. The van der Waals surface area contributed by atoms with E-state index in [1.165, 1.54) is 26.5 Å². The number of imide groups is 6. The van der Waals surface area contributed by atoms with E-state index in [9.17, 15) is 48.3 Å². The summed E-state index contributed by atoms with van der Waals surface area (Å²) in [5.74, 6) is -1.69. The van der Waals surface area contributed by atoms with E-state index in [1.54, 1.807) is 97.0 Å². The van der Waals surface area contributed by atoms with Gasteiger partial charge in [0.2, 0.25) is 11.8 Å². The van der Waals surface area contributed by atoms with E-state index >= 15 is 0 Å². The Kier molecular flexibility index (Phi) is 19.5. The van der Waals surface area contributed by atoms with Gasteiger partial charge in [0.1, 0.15) is 54.6 Å². The lowest BCUT2D eigenvalue weighted by Crippen LogP contribution is -2.57. The number of aliphatic hydroxyl groups excluding tert-OH is 1. The van der Waals surface area contributed by atoms with Crippen LogP contribution in [0.5, 0.6) is 11.5 Å². The second-order valence-corrected chi connectivity index (χ2v) is 19.9. The molecule has 2 N–H and O–H groups in total. The molecule has 0 radical (unpaired) electrons. The van der Waals surface area contributed by atoms with Crippen molar-refractivity contribution in [3.63, 3.8) is 0 Å². The van der Waals surface area contributed by atoms with Gasteiger partial charge in [0.05, 0.1) is 25.4 Å².